The Balaban J connectivity index is 1.32. The number of hydrogen-bond donors (Lipinski definition) is 1. The molecule has 0 saturated carbocycles. The van der Waals surface area contributed by atoms with Crippen molar-refractivity contribution < 1.29 is 14.3 Å². The average molecular weight is 450 g/mol. The van der Waals surface area contributed by atoms with Gasteiger partial charge in [-0.1, -0.05) is 23.2 Å². The molecule has 2 unspecified atom stereocenters. The normalized spacial score (nSPS) is 24.7. The number of pyridine rings is 1. The molecule has 4 rings (SSSR count). The topological polar surface area (TPSA) is 63.7 Å². The second kappa shape index (κ2) is 9.62. The van der Waals surface area contributed by atoms with Crippen molar-refractivity contribution in [1.82, 2.24) is 15.2 Å². The van der Waals surface area contributed by atoms with Crippen LogP contribution < -0.4 is 5.32 Å². The molecule has 2 aromatic rings. The standard InChI is InChI=1S/C22H25Cl2N3O3/c23-19-2-1-17(11-20(19)24)21(28)26-12-18-3-6-22(30-18)14-27(9-10-29-15-22)13-16-4-7-25-8-5-16/h1-2,4-5,7-8,11,18H,3,6,9-10,12-15H2,(H,26,28). The number of hydrogen-bond acceptors (Lipinski definition) is 5. The van der Waals surface area contributed by atoms with Crippen LogP contribution in [0.5, 0.6) is 0 Å². The molecule has 1 amide bonds. The highest BCUT2D eigenvalue weighted by atomic mass is 35.5. The van der Waals surface area contributed by atoms with Crippen molar-refractivity contribution in [3.05, 3.63) is 63.9 Å². The van der Waals surface area contributed by atoms with Gasteiger partial charge in [0.05, 0.1) is 29.4 Å². The van der Waals surface area contributed by atoms with Crippen LogP contribution in [0.2, 0.25) is 10.0 Å². The molecule has 8 heteroatoms. The van der Waals surface area contributed by atoms with Crippen molar-refractivity contribution >= 4 is 29.1 Å². The molecule has 0 bridgehead atoms. The number of ether oxygens (including phenoxy) is 2. The van der Waals surface area contributed by atoms with Gasteiger partial charge in [-0.15, -0.1) is 0 Å². The van der Waals surface area contributed by atoms with Crippen molar-refractivity contribution in [2.75, 3.05) is 32.8 Å². The number of halogens is 2. The summed E-state index contributed by atoms with van der Waals surface area (Å²) in [5.41, 5.74) is 1.38. The Bertz CT molecular complexity index is 883. The van der Waals surface area contributed by atoms with Crippen molar-refractivity contribution in [3.63, 3.8) is 0 Å². The number of carbonyl (C=O) groups excluding carboxylic acids is 1. The van der Waals surface area contributed by atoms with Crippen LogP contribution in [-0.4, -0.2) is 60.3 Å². The van der Waals surface area contributed by atoms with E-state index in [4.69, 9.17) is 32.7 Å². The van der Waals surface area contributed by atoms with Crippen molar-refractivity contribution in [3.8, 4) is 0 Å². The van der Waals surface area contributed by atoms with E-state index in [0.29, 0.717) is 35.4 Å². The Labute approximate surface area is 186 Å². The highest BCUT2D eigenvalue weighted by molar-refractivity contribution is 6.42. The molecule has 1 aromatic heterocycles. The van der Waals surface area contributed by atoms with Gasteiger partial charge in [0.15, 0.2) is 0 Å². The molecule has 6 nitrogen and oxygen atoms in total. The van der Waals surface area contributed by atoms with Crippen LogP contribution in [0, 0.1) is 0 Å². The molecule has 2 fully saturated rings. The maximum atomic E-state index is 12.4. The molecule has 3 heterocycles. The third-order valence-electron chi connectivity index (χ3n) is 5.59. The van der Waals surface area contributed by atoms with Gasteiger partial charge < -0.3 is 14.8 Å². The van der Waals surface area contributed by atoms with E-state index in [0.717, 1.165) is 32.5 Å². The lowest BCUT2D eigenvalue weighted by molar-refractivity contribution is -0.0849. The van der Waals surface area contributed by atoms with Crippen molar-refractivity contribution in [2.45, 2.75) is 31.1 Å². The summed E-state index contributed by atoms with van der Waals surface area (Å²) in [6.07, 6.45) is 5.39. The number of amides is 1. The Morgan fingerprint density at radius 2 is 2.07 bits per heavy atom. The van der Waals surface area contributed by atoms with E-state index < -0.39 is 0 Å². The zero-order valence-corrected chi connectivity index (χ0v) is 18.2. The van der Waals surface area contributed by atoms with E-state index in [1.807, 2.05) is 24.5 Å². The Morgan fingerprint density at radius 1 is 1.23 bits per heavy atom. The number of aromatic nitrogens is 1. The summed E-state index contributed by atoms with van der Waals surface area (Å²) in [6, 6.07) is 8.94. The van der Waals surface area contributed by atoms with E-state index in [-0.39, 0.29) is 17.6 Å². The summed E-state index contributed by atoms with van der Waals surface area (Å²) in [6.45, 7) is 4.24. The summed E-state index contributed by atoms with van der Waals surface area (Å²) >= 11 is 11.9. The largest absolute Gasteiger partial charge is 0.377 e. The van der Waals surface area contributed by atoms with E-state index in [2.05, 4.69) is 15.2 Å². The maximum absolute atomic E-state index is 12.4. The zero-order valence-electron chi connectivity index (χ0n) is 16.7. The Morgan fingerprint density at radius 3 is 2.87 bits per heavy atom. The third kappa shape index (κ3) is 5.31. The molecule has 2 atom stereocenters. The third-order valence-corrected chi connectivity index (χ3v) is 6.33. The minimum absolute atomic E-state index is 0.0406. The van der Waals surface area contributed by atoms with Gasteiger partial charge in [-0.25, -0.2) is 0 Å². The zero-order chi connectivity index (χ0) is 21.0. The fourth-order valence-corrected chi connectivity index (χ4v) is 4.37. The first-order chi connectivity index (χ1) is 14.5. The van der Waals surface area contributed by atoms with Crippen molar-refractivity contribution in [2.24, 2.45) is 0 Å². The maximum Gasteiger partial charge on any atom is 0.251 e. The second-order valence-corrected chi connectivity index (χ2v) is 8.73. The van der Waals surface area contributed by atoms with Crippen molar-refractivity contribution in [1.29, 1.82) is 0 Å². The Kier molecular flexibility index (Phi) is 6.91. The highest BCUT2D eigenvalue weighted by Crippen LogP contribution is 2.33. The first-order valence-corrected chi connectivity index (χ1v) is 10.9. The van der Waals surface area contributed by atoms with Gasteiger partial charge >= 0.3 is 0 Å². The first kappa shape index (κ1) is 21.5. The molecule has 2 saturated heterocycles. The minimum Gasteiger partial charge on any atom is -0.377 e. The number of carbonyl (C=O) groups is 1. The number of rotatable bonds is 5. The van der Waals surface area contributed by atoms with Gasteiger partial charge in [0.25, 0.3) is 5.91 Å². The molecule has 2 aliphatic rings. The molecular formula is C22H25Cl2N3O3. The van der Waals surface area contributed by atoms with Crippen LogP contribution in [0.15, 0.2) is 42.7 Å². The molecule has 1 N–H and O–H groups in total. The van der Waals surface area contributed by atoms with E-state index in [1.165, 1.54) is 5.56 Å². The van der Waals surface area contributed by atoms with Crippen LogP contribution in [0.1, 0.15) is 28.8 Å². The fraction of sp³-hybridized carbons (Fsp3) is 0.455. The highest BCUT2D eigenvalue weighted by Gasteiger charge is 2.43. The van der Waals surface area contributed by atoms with Crippen LogP contribution in [0.3, 0.4) is 0 Å². The Hall–Kier alpha value is -1.70. The quantitative estimate of drug-likeness (QED) is 0.755. The lowest BCUT2D eigenvalue weighted by atomic mass is 10.00. The van der Waals surface area contributed by atoms with Gasteiger partial charge in [-0.05, 0) is 48.7 Å². The smallest absolute Gasteiger partial charge is 0.251 e. The molecular weight excluding hydrogens is 425 g/mol. The van der Waals surface area contributed by atoms with Crippen LogP contribution in [0.4, 0.5) is 0 Å². The molecule has 160 valence electrons. The minimum atomic E-state index is -0.331. The van der Waals surface area contributed by atoms with Gasteiger partial charge in [0, 0.05) is 44.1 Å². The molecule has 1 spiro atoms. The molecule has 1 aromatic carbocycles. The van der Waals surface area contributed by atoms with Gasteiger partial charge in [0.1, 0.15) is 5.60 Å². The van der Waals surface area contributed by atoms with Gasteiger partial charge in [0.2, 0.25) is 0 Å². The van der Waals surface area contributed by atoms with Gasteiger partial charge in [-0.2, -0.15) is 0 Å². The van der Waals surface area contributed by atoms with E-state index in [1.54, 1.807) is 18.2 Å². The summed E-state index contributed by atoms with van der Waals surface area (Å²) in [5.74, 6) is -0.186. The second-order valence-electron chi connectivity index (χ2n) is 7.92. The lowest BCUT2D eigenvalue weighted by Crippen LogP contribution is -2.45. The summed E-state index contributed by atoms with van der Waals surface area (Å²) in [5, 5.41) is 3.74. The van der Waals surface area contributed by atoms with Crippen LogP contribution in [-0.2, 0) is 16.0 Å². The number of nitrogens with one attached hydrogen (secondary N) is 1. The number of benzene rings is 1. The SMILES string of the molecule is O=C(NCC1CCC2(COCCN(Cc3ccncc3)C2)O1)c1ccc(Cl)c(Cl)c1. The predicted molar refractivity (Wildman–Crippen MR) is 116 cm³/mol. The average Bonchev–Trinajstić information content (AvgIpc) is 3.03. The summed E-state index contributed by atoms with van der Waals surface area (Å²) in [7, 11) is 0. The lowest BCUT2D eigenvalue weighted by Gasteiger charge is -2.32. The van der Waals surface area contributed by atoms with Crippen LogP contribution >= 0.6 is 23.2 Å². The summed E-state index contributed by atoms with van der Waals surface area (Å²) in [4.78, 5) is 18.9. The van der Waals surface area contributed by atoms with Gasteiger partial charge in [-0.3, -0.25) is 14.7 Å². The predicted octanol–water partition coefficient (Wildman–Crippen LogP) is 3.57. The van der Waals surface area contributed by atoms with E-state index in [9.17, 15) is 4.79 Å². The molecule has 0 aliphatic carbocycles. The molecule has 30 heavy (non-hydrogen) atoms. The fourth-order valence-electron chi connectivity index (χ4n) is 4.07. The molecule has 2 aliphatic heterocycles. The van der Waals surface area contributed by atoms with Crippen LogP contribution in [0.25, 0.3) is 0 Å². The first-order valence-electron chi connectivity index (χ1n) is 10.1. The monoisotopic (exact) mass is 449 g/mol. The number of nitrogens with zero attached hydrogens (tertiary/aromatic N) is 2. The summed E-state index contributed by atoms with van der Waals surface area (Å²) < 4.78 is 12.3. The van der Waals surface area contributed by atoms with E-state index >= 15 is 0 Å². The molecule has 0 radical (unpaired) electrons.